The average Bonchev–Trinajstić information content (AvgIpc) is 2.49. The molecule has 0 unspecified atom stereocenters. The van der Waals surface area contributed by atoms with Gasteiger partial charge in [0.05, 0.1) is 0 Å². The van der Waals surface area contributed by atoms with Gasteiger partial charge in [-0.3, -0.25) is 5.10 Å². The molecule has 0 radical (unpaired) electrons. The molecule has 0 spiro atoms. The maximum atomic E-state index is 4.33. The van der Waals surface area contributed by atoms with E-state index in [0.29, 0.717) is 0 Å². The second-order valence-corrected chi connectivity index (χ2v) is 4.66. The van der Waals surface area contributed by atoms with Crippen LogP contribution in [0.3, 0.4) is 0 Å². The predicted molar refractivity (Wildman–Crippen MR) is 55.0 cm³/mol. The third-order valence-corrected chi connectivity index (χ3v) is 3.27. The molecular weight excluding hydrogens is 182 g/mol. The first-order valence-corrected chi connectivity index (χ1v) is 5.67. The maximum absolute atomic E-state index is 4.33. The van der Waals surface area contributed by atoms with Gasteiger partial charge in [0, 0.05) is 30.8 Å². The largest absolute Gasteiger partial charge is 0.302 e. The van der Waals surface area contributed by atoms with Crippen molar-refractivity contribution in [1.82, 2.24) is 15.1 Å². The molecule has 0 aliphatic carbocycles. The Morgan fingerprint density at radius 3 is 3.23 bits per heavy atom. The molecule has 0 saturated heterocycles. The molecule has 3 nitrogen and oxygen atoms in total. The Hall–Kier alpha value is -0.480. The van der Waals surface area contributed by atoms with Gasteiger partial charge >= 0.3 is 0 Å². The second kappa shape index (κ2) is 3.72. The highest BCUT2D eigenvalue weighted by atomic mass is 32.2. The molecule has 72 valence electrons. The maximum Gasteiger partial charge on any atom is 0.123 e. The van der Waals surface area contributed by atoms with Crippen molar-refractivity contribution in [1.29, 1.82) is 0 Å². The number of likely N-dealkylation sites (N-methyl/N-ethyl adjacent to an activating group) is 1. The lowest BCUT2D eigenvalue weighted by atomic mass is 10.1. The van der Waals surface area contributed by atoms with Crippen LogP contribution in [0.1, 0.15) is 18.2 Å². The Bertz CT molecular complexity index is 295. The van der Waals surface area contributed by atoms with Gasteiger partial charge in [-0.1, -0.05) is 6.92 Å². The summed E-state index contributed by atoms with van der Waals surface area (Å²) in [6.45, 7) is 4.36. The average molecular weight is 197 g/mol. The molecule has 0 atom stereocenters. The molecule has 1 aromatic rings. The summed E-state index contributed by atoms with van der Waals surface area (Å²) >= 11 is 1.83. The first kappa shape index (κ1) is 9.09. The monoisotopic (exact) mass is 197 g/mol. The minimum atomic E-state index is 1.05. The van der Waals surface area contributed by atoms with E-state index in [1.165, 1.54) is 16.3 Å². The third-order valence-electron chi connectivity index (χ3n) is 2.37. The van der Waals surface area contributed by atoms with Crippen LogP contribution in [0.5, 0.6) is 0 Å². The van der Waals surface area contributed by atoms with E-state index in [9.17, 15) is 0 Å². The van der Waals surface area contributed by atoms with Crippen molar-refractivity contribution in [2.24, 2.45) is 0 Å². The fraction of sp³-hybridized carbons (Fsp3) is 0.667. The molecule has 13 heavy (non-hydrogen) atoms. The van der Waals surface area contributed by atoms with E-state index in [1.807, 2.05) is 11.8 Å². The number of nitrogens with one attached hydrogen (secondary N) is 1. The molecule has 0 bridgehead atoms. The summed E-state index contributed by atoms with van der Waals surface area (Å²) in [5, 5.41) is 8.67. The van der Waals surface area contributed by atoms with E-state index < -0.39 is 0 Å². The summed E-state index contributed by atoms with van der Waals surface area (Å²) < 4.78 is 0. The van der Waals surface area contributed by atoms with Crippen molar-refractivity contribution in [3.05, 3.63) is 11.3 Å². The molecule has 0 fully saturated rings. The number of fused-ring (bicyclic) bond motifs is 1. The molecule has 1 aliphatic heterocycles. The third kappa shape index (κ3) is 1.74. The fourth-order valence-electron chi connectivity index (χ4n) is 1.66. The molecule has 0 amide bonds. The SMILES string of the molecule is CCSc1n[nH]c2c1CN(C)CC2. The van der Waals surface area contributed by atoms with Gasteiger partial charge in [-0.2, -0.15) is 5.10 Å². The smallest absolute Gasteiger partial charge is 0.123 e. The lowest BCUT2D eigenvalue weighted by Gasteiger charge is -2.21. The minimum absolute atomic E-state index is 1.05. The second-order valence-electron chi connectivity index (χ2n) is 3.41. The van der Waals surface area contributed by atoms with Crippen LogP contribution in [-0.4, -0.2) is 34.4 Å². The number of nitrogens with zero attached hydrogens (tertiary/aromatic N) is 2. The number of rotatable bonds is 2. The number of aromatic amines is 1. The van der Waals surface area contributed by atoms with Gasteiger partial charge in [0.25, 0.3) is 0 Å². The van der Waals surface area contributed by atoms with Crippen LogP contribution in [0.15, 0.2) is 5.03 Å². The van der Waals surface area contributed by atoms with Crippen molar-refractivity contribution >= 4 is 11.8 Å². The number of hydrogen-bond donors (Lipinski definition) is 1. The summed E-state index contributed by atoms with van der Waals surface area (Å²) in [5.41, 5.74) is 2.76. The lowest BCUT2D eigenvalue weighted by molar-refractivity contribution is 0.309. The van der Waals surface area contributed by atoms with E-state index >= 15 is 0 Å². The summed E-state index contributed by atoms with van der Waals surface area (Å²) in [7, 11) is 2.16. The van der Waals surface area contributed by atoms with Gasteiger partial charge in [0.15, 0.2) is 0 Å². The molecule has 0 aromatic carbocycles. The van der Waals surface area contributed by atoms with Gasteiger partial charge in [-0.15, -0.1) is 11.8 Å². The zero-order valence-corrected chi connectivity index (χ0v) is 8.95. The predicted octanol–water partition coefficient (Wildman–Crippen LogP) is 1.51. The topological polar surface area (TPSA) is 31.9 Å². The molecule has 4 heteroatoms. The van der Waals surface area contributed by atoms with Crippen LogP contribution in [0.2, 0.25) is 0 Å². The van der Waals surface area contributed by atoms with Crippen molar-refractivity contribution in [3.63, 3.8) is 0 Å². The Labute approximate surface area is 82.9 Å². The van der Waals surface area contributed by atoms with Crippen molar-refractivity contribution in [2.75, 3.05) is 19.3 Å². The highest BCUT2D eigenvalue weighted by Crippen LogP contribution is 2.26. The minimum Gasteiger partial charge on any atom is -0.302 e. The standard InChI is InChI=1S/C9H15N3S/c1-3-13-9-7-6-12(2)5-4-8(7)10-11-9/h3-6H2,1-2H3,(H,10,11). The van der Waals surface area contributed by atoms with Crippen molar-refractivity contribution in [2.45, 2.75) is 24.9 Å². The van der Waals surface area contributed by atoms with Gasteiger partial charge in [-0.05, 0) is 12.8 Å². The molecule has 1 aromatic heterocycles. The normalized spacial score (nSPS) is 17.4. The van der Waals surface area contributed by atoms with Crippen LogP contribution < -0.4 is 0 Å². The highest BCUT2D eigenvalue weighted by Gasteiger charge is 2.19. The first-order chi connectivity index (χ1) is 6.31. The zero-order chi connectivity index (χ0) is 9.26. The fourth-order valence-corrected chi connectivity index (χ4v) is 2.41. The van der Waals surface area contributed by atoms with E-state index in [4.69, 9.17) is 0 Å². The van der Waals surface area contributed by atoms with Crippen LogP contribution >= 0.6 is 11.8 Å². The lowest BCUT2D eigenvalue weighted by Crippen LogP contribution is -2.26. The van der Waals surface area contributed by atoms with E-state index in [2.05, 4.69) is 29.1 Å². The van der Waals surface area contributed by atoms with Crippen molar-refractivity contribution < 1.29 is 0 Å². The first-order valence-electron chi connectivity index (χ1n) is 4.68. The Balaban J connectivity index is 2.25. The van der Waals surface area contributed by atoms with E-state index in [1.54, 1.807) is 0 Å². The number of hydrogen-bond acceptors (Lipinski definition) is 3. The van der Waals surface area contributed by atoms with Crippen LogP contribution in [-0.2, 0) is 13.0 Å². The molecule has 1 N–H and O–H groups in total. The number of H-pyrrole nitrogens is 1. The van der Waals surface area contributed by atoms with Crippen LogP contribution in [0.4, 0.5) is 0 Å². The Morgan fingerprint density at radius 2 is 2.46 bits per heavy atom. The summed E-state index contributed by atoms with van der Waals surface area (Å²) in [6, 6.07) is 0. The Kier molecular flexibility index (Phi) is 2.60. The van der Waals surface area contributed by atoms with E-state index in [-0.39, 0.29) is 0 Å². The molecule has 2 heterocycles. The zero-order valence-electron chi connectivity index (χ0n) is 8.13. The Morgan fingerprint density at radius 1 is 1.62 bits per heavy atom. The molecule has 2 rings (SSSR count). The quantitative estimate of drug-likeness (QED) is 0.729. The van der Waals surface area contributed by atoms with Gasteiger partial charge < -0.3 is 4.90 Å². The summed E-state index contributed by atoms with van der Waals surface area (Å²) in [4.78, 5) is 2.34. The molecular formula is C9H15N3S. The number of aromatic nitrogens is 2. The van der Waals surface area contributed by atoms with Crippen LogP contribution in [0.25, 0.3) is 0 Å². The van der Waals surface area contributed by atoms with Gasteiger partial charge in [-0.25, -0.2) is 0 Å². The highest BCUT2D eigenvalue weighted by molar-refractivity contribution is 7.99. The molecule has 0 saturated carbocycles. The number of thioether (sulfide) groups is 1. The van der Waals surface area contributed by atoms with Crippen LogP contribution in [0, 0.1) is 0 Å². The molecule has 1 aliphatic rings. The summed E-state index contributed by atoms with van der Waals surface area (Å²) in [5.74, 6) is 1.10. The van der Waals surface area contributed by atoms with Crippen molar-refractivity contribution in [3.8, 4) is 0 Å². The van der Waals surface area contributed by atoms with E-state index in [0.717, 1.165) is 25.3 Å². The van der Waals surface area contributed by atoms with Gasteiger partial charge in [0.1, 0.15) is 5.03 Å². The summed E-state index contributed by atoms with van der Waals surface area (Å²) in [6.07, 6.45) is 1.11. The van der Waals surface area contributed by atoms with Gasteiger partial charge in [0.2, 0.25) is 0 Å².